The fourth-order valence-electron chi connectivity index (χ4n) is 3.62. The van der Waals surface area contributed by atoms with Gasteiger partial charge in [0.25, 0.3) is 0 Å². The van der Waals surface area contributed by atoms with Gasteiger partial charge in [-0.25, -0.2) is 4.79 Å². The van der Waals surface area contributed by atoms with Crippen molar-refractivity contribution in [2.75, 3.05) is 13.1 Å². The van der Waals surface area contributed by atoms with Crippen LogP contribution in [0.2, 0.25) is 0 Å². The summed E-state index contributed by atoms with van der Waals surface area (Å²) in [5.41, 5.74) is 0.215. The lowest BCUT2D eigenvalue weighted by Gasteiger charge is -2.44. The summed E-state index contributed by atoms with van der Waals surface area (Å²) in [6, 6.07) is 18.8. The fraction of sp³-hybridized carbons (Fsp3) is 0.409. The standard InChI is InChI=1S/C22H27NO3/c1-17(2)23-15-9-14-22(25,16-23)20(18-10-5-3-6-11-18)26-21(24)19-12-7-4-8-13-19/h3-8,10-13,17,20,25H,9,14-16H2,1-2H3. The van der Waals surface area contributed by atoms with Crippen molar-refractivity contribution >= 4 is 5.97 Å². The summed E-state index contributed by atoms with van der Waals surface area (Å²) in [6.07, 6.45) is 0.789. The van der Waals surface area contributed by atoms with Crippen LogP contribution in [0.5, 0.6) is 0 Å². The number of hydrogen-bond acceptors (Lipinski definition) is 4. The number of benzene rings is 2. The Balaban J connectivity index is 1.90. The zero-order chi connectivity index (χ0) is 18.6. The first-order valence-corrected chi connectivity index (χ1v) is 9.27. The summed E-state index contributed by atoms with van der Waals surface area (Å²) in [4.78, 5) is 14.9. The van der Waals surface area contributed by atoms with Crippen molar-refractivity contribution in [2.24, 2.45) is 0 Å². The lowest BCUT2D eigenvalue weighted by molar-refractivity contribution is -0.126. The van der Waals surface area contributed by atoms with Gasteiger partial charge in [0.1, 0.15) is 5.60 Å². The molecule has 0 saturated carbocycles. The lowest BCUT2D eigenvalue weighted by atomic mass is 9.83. The van der Waals surface area contributed by atoms with Crippen molar-refractivity contribution in [3.05, 3.63) is 71.8 Å². The van der Waals surface area contributed by atoms with E-state index in [1.807, 2.05) is 48.5 Å². The minimum atomic E-state index is -1.10. The number of hydrogen-bond donors (Lipinski definition) is 1. The molecule has 4 heteroatoms. The smallest absolute Gasteiger partial charge is 0.338 e. The average molecular weight is 353 g/mol. The summed E-state index contributed by atoms with van der Waals surface area (Å²) in [7, 11) is 0. The Morgan fingerprint density at radius 3 is 2.31 bits per heavy atom. The lowest BCUT2D eigenvalue weighted by Crippen LogP contribution is -2.54. The predicted octanol–water partition coefficient (Wildman–Crippen LogP) is 3.82. The highest BCUT2D eigenvalue weighted by molar-refractivity contribution is 5.89. The van der Waals surface area contributed by atoms with Gasteiger partial charge in [0.05, 0.1) is 5.56 Å². The molecule has 0 bridgehead atoms. The number of carbonyl (C=O) groups is 1. The van der Waals surface area contributed by atoms with Gasteiger partial charge in [0.2, 0.25) is 0 Å². The van der Waals surface area contributed by atoms with Crippen LogP contribution in [0.3, 0.4) is 0 Å². The maximum Gasteiger partial charge on any atom is 0.338 e. The number of aliphatic hydroxyl groups is 1. The van der Waals surface area contributed by atoms with E-state index in [9.17, 15) is 9.90 Å². The van der Waals surface area contributed by atoms with E-state index in [0.29, 0.717) is 24.6 Å². The molecule has 1 saturated heterocycles. The molecule has 2 atom stereocenters. The maximum atomic E-state index is 12.7. The predicted molar refractivity (Wildman–Crippen MR) is 102 cm³/mol. The molecule has 1 fully saturated rings. The number of esters is 1. The topological polar surface area (TPSA) is 49.8 Å². The molecule has 1 aliphatic heterocycles. The van der Waals surface area contributed by atoms with Crippen molar-refractivity contribution in [3.8, 4) is 0 Å². The van der Waals surface area contributed by atoms with E-state index in [2.05, 4.69) is 18.7 Å². The van der Waals surface area contributed by atoms with Crippen molar-refractivity contribution in [1.82, 2.24) is 4.90 Å². The van der Waals surface area contributed by atoms with Gasteiger partial charge in [-0.3, -0.25) is 4.90 Å². The molecule has 1 N–H and O–H groups in total. The quantitative estimate of drug-likeness (QED) is 0.830. The molecular formula is C22H27NO3. The molecule has 0 radical (unpaired) electrons. The second-order valence-corrected chi connectivity index (χ2v) is 7.33. The maximum absolute atomic E-state index is 12.7. The van der Waals surface area contributed by atoms with E-state index < -0.39 is 17.7 Å². The van der Waals surface area contributed by atoms with Gasteiger partial charge in [-0.2, -0.15) is 0 Å². The zero-order valence-corrected chi connectivity index (χ0v) is 15.5. The minimum Gasteiger partial charge on any atom is -0.451 e. The van der Waals surface area contributed by atoms with E-state index in [-0.39, 0.29) is 0 Å². The molecule has 138 valence electrons. The van der Waals surface area contributed by atoms with Gasteiger partial charge in [0, 0.05) is 12.6 Å². The Kier molecular flexibility index (Phi) is 5.74. The highest BCUT2D eigenvalue weighted by Gasteiger charge is 2.44. The van der Waals surface area contributed by atoms with Crippen molar-refractivity contribution in [3.63, 3.8) is 0 Å². The molecule has 1 aliphatic rings. The largest absolute Gasteiger partial charge is 0.451 e. The van der Waals surface area contributed by atoms with Crippen LogP contribution in [0.25, 0.3) is 0 Å². The van der Waals surface area contributed by atoms with Crippen LogP contribution in [-0.2, 0) is 4.74 Å². The van der Waals surface area contributed by atoms with Crippen LogP contribution in [0.1, 0.15) is 48.7 Å². The van der Waals surface area contributed by atoms with Gasteiger partial charge >= 0.3 is 5.97 Å². The van der Waals surface area contributed by atoms with Gasteiger partial charge < -0.3 is 9.84 Å². The monoisotopic (exact) mass is 353 g/mol. The molecule has 26 heavy (non-hydrogen) atoms. The number of ether oxygens (including phenoxy) is 1. The Morgan fingerprint density at radius 2 is 1.69 bits per heavy atom. The highest BCUT2D eigenvalue weighted by Crippen LogP contribution is 2.37. The minimum absolute atomic E-state index is 0.336. The van der Waals surface area contributed by atoms with Gasteiger partial charge in [-0.1, -0.05) is 48.5 Å². The number of piperidine rings is 1. The molecule has 2 aromatic rings. The SMILES string of the molecule is CC(C)N1CCCC(O)(C(OC(=O)c2ccccc2)c2ccccc2)C1. The van der Waals surface area contributed by atoms with E-state index in [0.717, 1.165) is 18.5 Å². The summed E-state index contributed by atoms with van der Waals surface area (Å²) >= 11 is 0. The molecule has 0 spiro atoms. The first-order chi connectivity index (χ1) is 12.5. The highest BCUT2D eigenvalue weighted by atomic mass is 16.6. The number of likely N-dealkylation sites (tertiary alicyclic amines) is 1. The average Bonchev–Trinajstić information content (AvgIpc) is 2.67. The molecule has 4 nitrogen and oxygen atoms in total. The summed E-state index contributed by atoms with van der Waals surface area (Å²) in [5, 5.41) is 11.5. The van der Waals surface area contributed by atoms with Crippen LogP contribution in [0, 0.1) is 0 Å². The normalized spacial score (nSPS) is 22.2. The van der Waals surface area contributed by atoms with Gasteiger partial charge in [0.15, 0.2) is 6.10 Å². The van der Waals surface area contributed by atoms with Crippen molar-refractivity contribution in [1.29, 1.82) is 0 Å². The van der Waals surface area contributed by atoms with Crippen molar-refractivity contribution < 1.29 is 14.6 Å². The fourth-order valence-corrected chi connectivity index (χ4v) is 3.62. The van der Waals surface area contributed by atoms with Crippen LogP contribution in [-0.4, -0.2) is 40.7 Å². The zero-order valence-electron chi connectivity index (χ0n) is 15.5. The third-order valence-corrected chi connectivity index (χ3v) is 5.09. The molecule has 2 aromatic carbocycles. The number of β-amino-alcohol motifs (C(OH)–C–C–N with tert-alkyl or cyclic N) is 1. The Hall–Kier alpha value is -2.17. The summed E-state index contributed by atoms with van der Waals surface area (Å²) < 4.78 is 5.88. The Bertz CT molecular complexity index is 717. The van der Waals surface area contributed by atoms with Crippen LogP contribution < -0.4 is 0 Å². The van der Waals surface area contributed by atoms with Crippen molar-refractivity contribution in [2.45, 2.75) is 44.4 Å². The van der Waals surface area contributed by atoms with Gasteiger partial charge in [-0.05, 0) is 50.9 Å². The second kappa shape index (κ2) is 8.02. The second-order valence-electron chi connectivity index (χ2n) is 7.33. The summed E-state index contributed by atoms with van der Waals surface area (Å²) in [6.45, 7) is 5.69. The molecule has 3 rings (SSSR count). The Morgan fingerprint density at radius 1 is 1.08 bits per heavy atom. The third kappa shape index (κ3) is 4.14. The molecule has 1 heterocycles. The van der Waals surface area contributed by atoms with E-state index in [1.165, 1.54) is 0 Å². The molecule has 2 unspecified atom stereocenters. The van der Waals surface area contributed by atoms with Crippen LogP contribution >= 0.6 is 0 Å². The molecule has 0 aromatic heterocycles. The number of nitrogens with zero attached hydrogens (tertiary/aromatic N) is 1. The molecule has 0 aliphatic carbocycles. The summed E-state index contributed by atoms with van der Waals surface area (Å²) in [5.74, 6) is -0.408. The van der Waals surface area contributed by atoms with E-state index in [1.54, 1.807) is 12.1 Å². The van der Waals surface area contributed by atoms with Crippen LogP contribution in [0.4, 0.5) is 0 Å². The first-order valence-electron chi connectivity index (χ1n) is 9.27. The van der Waals surface area contributed by atoms with Gasteiger partial charge in [-0.15, -0.1) is 0 Å². The molecule has 0 amide bonds. The molecular weight excluding hydrogens is 326 g/mol. The first kappa shape index (κ1) is 18.6. The van der Waals surface area contributed by atoms with Crippen LogP contribution in [0.15, 0.2) is 60.7 Å². The van der Waals surface area contributed by atoms with E-state index >= 15 is 0 Å². The van der Waals surface area contributed by atoms with E-state index in [4.69, 9.17) is 4.74 Å². The Labute approximate surface area is 155 Å². The number of carbonyl (C=O) groups excluding carboxylic acids is 1. The number of rotatable bonds is 5. The third-order valence-electron chi connectivity index (χ3n) is 5.09.